The fourth-order valence-electron chi connectivity index (χ4n) is 4.08. The third kappa shape index (κ3) is 6.69. The predicted octanol–water partition coefficient (Wildman–Crippen LogP) is 4.97. The van der Waals surface area contributed by atoms with E-state index >= 15 is 0 Å². The van der Waals surface area contributed by atoms with Gasteiger partial charge in [-0.2, -0.15) is 0 Å². The lowest BCUT2D eigenvalue weighted by Gasteiger charge is -2.31. The van der Waals surface area contributed by atoms with Gasteiger partial charge in [0, 0.05) is 32.0 Å². The van der Waals surface area contributed by atoms with Crippen molar-refractivity contribution in [2.24, 2.45) is 5.92 Å². The van der Waals surface area contributed by atoms with Crippen LogP contribution in [0.4, 0.5) is 0 Å². The van der Waals surface area contributed by atoms with Gasteiger partial charge >= 0.3 is 0 Å². The number of amides is 2. The molecule has 0 radical (unpaired) electrons. The highest BCUT2D eigenvalue weighted by Gasteiger charge is 2.26. The third-order valence-corrected chi connectivity index (χ3v) is 6.06. The van der Waals surface area contributed by atoms with Crippen molar-refractivity contribution in [3.8, 4) is 11.5 Å². The first kappa shape index (κ1) is 22.6. The smallest absolute Gasteiger partial charge is 0.223 e. The Morgan fingerprint density at radius 1 is 0.788 bits per heavy atom. The van der Waals surface area contributed by atoms with Crippen molar-refractivity contribution in [1.82, 2.24) is 10.2 Å². The number of piperidine rings is 1. The standard InChI is InChI=1S/C28H30N2O3/c31-27(16-13-22-7-3-1-4-8-22)30-19-17-24(18-20-30)28(32)29-21-23-11-14-26(15-12-23)33-25-9-5-2-6-10-25/h1-12,14-15,24H,13,16-21H2,(H,29,32). The zero-order valence-corrected chi connectivity index (χ0v) is 18.8. The highest BCUT2D eigenvalue weighted by atomic mass is 16.5. The van der Waals surface area contributed by atoms with Crippen LogP contribution in [-0.2, 0) is 22.6 Å². The van der Waals surface area contributed by atoms with E-state index in [2.05, 4.69) is 5.32 Å². The molecule has 0 bridgehead atoms. The molecule has 0 aromatic heterocycles. The topological polar surface area (TPSA) is 58.6 Å². The number of aryl methyl sites for hydroxylation is 1. The lowest BCUT2D eigenvalue weighted by atomic mass is 9.95. The van der Waals surface area contributed by atoms with Crippen LogP contribution in [-0.4, -0.2) is 29.8 Å². The molecule has 3 aromatic carbocycles. The molecule has 5 nitrogen and oxygen atoms in total. The van der Waals surface area contributed by atoms with E-state index in [1.54, 1.807) is 0 Å². The van der Waals surface area contributed by atoms with Gasteiger partial charge in [0.2, 0.25) is 11.8 Å². The van der Waals surface area contributed by atoms with Gasteiger partial charge in [0.05, 0.1) is 0 Å². The van der Waals surface area contributed by atoms with Crippen molar-refractivity contribution >= 4 is 11.8 Å². The summed E-state index contributed by atoms with van der Waals surface area (Å²) in [6, 6.07) is 27.5. The number of para-hydroxylation sites is 1. The molecule has 170 valence electrons. The lowest BCUT2D eigenvalue weighted by molar-refractivity contribution is -0.135. The molecule has 1 aliphatic rings. The molecule has 3 aromatic rings. The molecule has 0 unspecified atom stereocenters. The van der Waals surface area contributed by atoms with Crippen molar-refractivity contribution < 1.29 is 14.3 Å². The SMILES string of the molecule is O=C(NCc1ccc(Oc2ccccc2)cc1)C1CCN(C(=O)CCc2ccccc2)CC1. The van der Waals surface area contributed by atoms with E-state index in [-0.39, 0.29) is 17.7 Å². The van der Waals surface area contributed by atoms with E-state index in [0.29, 0.717) is 38.9 Å². The Morgan fingerprint density at radius 3 is 2.06 bits per heavy atom. The number of carbonyl (C=O) groups excluding carboxylic acids is 2. The molecule has 1 aliphatic heterocycles. The van der Waals surface area contributed by atoms with Crippen molar-refractivity contribution in [1.29, 1.82) is 0 Å². The van der Waals surface area contributed by atoms with Gasteiger partial charge in [-0.3, -0.25) is 9.59 Å². The monoisotopic (exact) mass is 442 g/mol. The minimum Gasteiger partial charge on any atom is -0.457 e. The van der Waals surface area contributed by atoms with E-state index in [1.807, 2.05) is 89.8 Å². The number of rotatable bonds is 8. The molecule has 1 saturated heterocycles. The molecule has 4 rings (SSSR count). The number of likely N-dealkylation sites (tertiary alicyclic amines) is 1. The Kier molecular flexibility index (Phi) is 7.75. The van der Waals surface area contributed by atoms with Crippen LogP contribution in [0, 0.1) is 5.92 Å². The molecule has 2 amide bonds. The van der Waals surface area contributed by atoms with Crippen LogP contribution in [0.5, 0.6) is 11.5 Å². The van der Waals surface area contributed by atoms with Gasteiger partial charge in [0.25, 0.3) is 0 Å². The summed E-state index contributed by atoms with van der Waals surface area (Å²) in [5, 5.41) is 3.05. The van der Waals surface area contributed by atoms with E-state index in [9.17, 15) is 9.59 Å². The molecule has 0 spiro atoms. The normalized spacial score (nSPS) is 14.0. The minimum absolute atomic E-state index is 0.0381. The van der Waals surface area contributed by atoms with E-state index in [1.165, 1.54) is 5.56 Å². The maximum atomic E-state index is 12.6. The van der Waals surface area contributed by atoms with Crippen LogP contribution >= 0.6 is 0 Å². The number of hydrogen-bond acceptors (Lipinski definition) is 3. The van der Waals surface area contributed by atoms with Crippen molar-refractivity contribution in [2.45, 2.75) is 32.2 Å². The molecule has 0 saturated carbocycles. The van der Waals surface area contributed by atoms with Crippen molar-refractivity contribution in [3.63, 3.8) is 0 Å². The Bertz CT molecular complexity index is 1030. The third-order valence-electron chi connectivity index (χ3n) is 6.06. The lowest BCUT2D eigenvalue weighted by Crippen LogP contribution is -2.43. The fraction of sp³-hybridized carbons (Fsp3) is 0.286. The quantitative estimate of drug-likeness (QED) is 0.536. The van der Waals surface area contributed by atoms with Gasteiger partial charge in [0.1, 0.15) is 11.5 Å². The van der Waals surface area contributed by atoms with Gasteiger partial charge in [-0.1, -0.05) is 60.7 Å². The zero-order valence-electron chi connectivity index (χ0n) is 18.8. The second kappa shape index (κ2) is 11.3. The van der Waals surface area contributed by atoms with Crippen LogP contribution in [0.15, 0.2) is 84.9 Å². The Balaban J connectivity index is 1.17. The molecule has 5 heteroatoms. The maximum absolute atomic E-state index is 12.6. The number of benzene rings is 3. The van der Waals surface area contributed by atoms with Gasteiger partial charge in [0.15, 0.2) is 0 Å². The van der Waals surface area contributed by atoms with Crippen molar-refractivity contribution in [3.05, 3.63) is 96.1 Å². The summed E-state index contributed by atoms with van der Waals surface area (Å²) in [4.78, 5) is 27.0. The number of nitrogens with zero attached hydrogens (tertiary/aromatic N) is 1. The fourth-order valence-corrected chi connectivity index (χ4v) is 4.08. The summed E-state index contributed by atoms with van der Waals surface area (Å²) in [6.45, 7) is 1.79. The van der Waals surface area contributed by atoms with Crippen LogP contribution in [0.25, 0.3) is 0 Å². The van der Waals surface area contributed by atoms with E-state index in [0.717, 1.165) is 23.5 Å². The van der Waals surface area contributed by atoms with Crippen LogP contribution in [0.1, 0.15) is 30.4 Å². The number of nitrogens with one attached hydrogen (secondary N) is 1. The molecule has 1 fully saturated rings. The van der Waals surface area contributed by atoms with E-state index < -0.39 is 0 Å². The van der Waals surface area contributed by atoms with Crippen LogP contribution < -0.4 is 10.1 Å². The second-order valence-electron chi connectivity index (χ2n) is 8.42. The van der Waals surface area contributed by atoms with Gasteiger partial charge in [-0.05, 0) is 54.7 Å². The zero-order chi connectivity index (χ0) is 22.9. The summed E-state index contributed by atoms with van der Waals surface area (Å²) in [6.07, 6.45) is 2.71. The molecular formula is C28H30N2O3. The minimum atomic E-state index is -0.0381. The first-order valence-electron chi connectivity index (χ1n) is 11.6. The molecule has 0 aliphatic carbocycles. The summed E-state index contributed by atoms with van der Waals surface area (Å²) >= 11 is 0. The highest BCUT2D eigenvalue weighted by Crippen LogP contribution is 2.22. The second-order valence-corrected chi connectivity index (χ2v) is 8.42. The largest absolute Gasteiger partial charge is 0.457 e. The van der Waals surface area contributed by atoms with Crippen LogP contribution in [0.2, 0.25) is 0 Å². The Morgan fingerprint density at radius 2 is 1.39 bits per heavy atom. The molecule has 1 N–H and O–H groups in total. The number of ether oxygens (including phenoxy) is 1. The summed E-state index contributed by atoms with van der Waals surface area (Å²) in [7, 11) is 0. The van der Waals surface area contributed by atoms with Gasteiger partial charge < -0.3 is 15.0 Å². The van der Waals surface area contributed by atoms with E-state index in [4.69, 9.17) is 4.74 Å². The molecular weight excluding hydrogens is 412 g/mol. The predicted molar refractivity (Wildman–Crippen MR) is 129 cm³/mol. The first-order valence-corrected chi connectivity index (χ1v) is 11.6. The first-order chi connectivity index (χ1) is 16.2. The van der Waals surface area contributed by atoms with Crippen LogP contribution in [0.3, 0.4) is 0 Å². The number of carbonyl (C=O) groups is 2. The highest BCUT2D eigenvalue weighted by molar-refractivity contribution is 5.80. The molecule has 33 heavy (non-hydrogen) atoms. The van der Waals surface area contributed by atoms with Crippen molar-refractivity contribution in [2.75, 3.05) is 13.1 Å². The Hall–Kier alpha value is -3.60. The van der Waals surface area contributed by atoms with Gasteiger partial charge in [-0.25, -0.2) is 0 Å². The maximum Gasteiger partial charge on any atom is 0.223 e. The summed E-state index contributed by atoms with van der Waals surface area (Å²) in [5.74, 6) is 1.76. The van der Waals surface area contributed by atoms with Gasteiger partial charge in [-0.15, -0.1) is 0 Å². The summed E-state index contributed by atoms with van der Waals surface area (Å²) in [5.41, 5.74) is 2.21. The molecule has 0 atom stereocenters. The average molecular weight is 443 g/mol. The Labute approximate surface area is 195 Å². The average Bonchev–Trinajstić information content (AvgIpc) is 2.88. The number of hydrogen-bond donors (Lipinski definition) is 1. The summed E-state index contributed by atoms with van der Waals surface area (Å²) < 4.78 is 5.81. The molecule has 1 heterocycles.